The van der Waals surface area contributed by atoms with E-state index in [1.807, 2.05) is 48.5 Å². The molecule has 164 valence electrons. The maximum absolute atomic E-state index is 13.7. The van der Waals surface area contributed by atoms with Crippen molar-refractivity contribution < 1.29 is 4.79 Å². The van der Waals surface area contributed by atoms with Gasteiger partial charge in [-0.2, -0.15) is 0 Å². The summed E-state index contributed by atoms with van der Waals surface area (Å²) in [6.07, 6.45) is 4.21. The molecule has 1 aromatic heterocycles. The van der Waals surface area contributed by atoms with Crippen LogP contribution in [-0.2, 0) is 12.0 Å². The van der Waals surface area contributed by atoms with Gasteiger partial charge in [-0.25, -0.2) is 9.97 Å². The SMILES string of the molecule is CCC1=Cc2nc3cc(CC)cc(-c4ccccc4)c3nc2C(N)(C(=O)c2ccccc2)C1. The summed E-state index contributed by atoms with van der Waals surface area (Å²) in [4.78, 5) is 23.8. The van der Waals surface area contributed by atoms with E-state index >= 15 is 0 Å². The minimum atomic E-state index is -1.25. The van der Waals surface area contributed by atoms with Gasteiger partial charge in [0.1, 0.15) is 5.54 Å². The maximum atomic E-state index is 13.7. The number of Topliss-reactive ketones (excluding diaryl/α,β-unsaturated/α-hetero) is 1. The summed E-state index contributed by atoms with van der Waals surface area (Å²) in [5.74, 6) is -0.122. The second-order valence-electron chi connectivity index (χ2n) is 8.69. The lowest BCUT2D eigenvalue weighted by molar-refractivity contribution is 0.0879. The summed E-state index contributed by atoms with van der Waals surface area (Å²) in [5, 5.41) is 0. The molecule has 0 aliphatic heterocycles. The molecule has 4 aromatic rings. The molecule has 2 N–H and O–H groups in total. The number of aromatic nitrogens is 2. The summed E-state index contributed by atoms with van der Waals surface area (Å²) >= 11 is 0. The second kappa shape index (κ2) is 8.38. The fourth-order valence-electron chi connectivity index (χ4n) is 4.65. The third-order valence-corrected chi connectivity index (χ3v) is 6.51. The molecule has 3 aromatic carbocycles. The van der Waals surface area contributed by atoms with Crippen LogP contribution in [-0.4, -0.2) is 15.8 Å². The van der Waals surface area contributed by atoms with Crippen molar-refractivity contribution in [1.29, 1.82) is 0 Å². The summed E-state index contributed by atoms with van der Waals surface area (Å²) in [6.45, 7) is 4.22. The fraction of sp³-hybridized carbons (Fsp3) is 0.207. The number of benzene rings is 3. The van der Waals surface area contributed by atoms with E-state index in [4.69, 9.17) is 15.7 Å². The van der Waals surface area contributed by atoms with Gasteiger partial charge in [0.2, 0.25) is 0 Å². The molecule has 1 unspecified atom stereocenters. The number of nitrogens with zero attached hydrogens (tertiary/aromatic N) is 2. The summed E-state index contributed by atoms with van der Waals surface area (Å²) in [7, 11) is 0. The molecular weight excluding hydrogens is 406 g/mol. The quantitative estimate of drug-likeness (QED) is 0.387. The Hall–Kier alpha value is -3.63. The van der Waals surface area contributed by atoms with Crippen molar-refractivity contribution in [3.63, 3.8) is 0 Å². The first-order valence-corrected chi connectivity index (χ1v) is 11.5. The van der Waals surface area contributed by atoms with Gasteiger partial charge in [-0.05, 0) is 48.6 Å². The Morgan fingerprint density at radius 1 is 0.939 bits per heavy atom. The topological polar surface area (TPSA) is 68.9 Å². The van der Waals surface area contributed by atoms with Gasteiger partial charge in [-0.3, -0.25) is 4.79 Å². The lowest BCUT2D eigenvalue weighted by Crippen LogP contribution is -2.48. The van der Waals surface area contributed by atoms with Gasteiger partial charge in [-0.15, -0.1) is 0 Å². The smallest absolute Gasteiger partial charge is 0.189 e. The number of nitrogens with two attached hydrogens (primary N) is 1. The van der Waals surface area contributed by atoms with Gasteiger partial charge in [0.15, 0.2) is 5.78 Å². The molecular formula is C29H27N3O. The Morgan fingerprint density at radius 2 is 1.64 bits per heavy atom. The number of aryl methyl sites for hydroxylation is 1. The fourth-order valence-corrected chi connectivity index (χ4v) is 4.65. The van der Waals surface area contributed by atoms with Crippen LogP contribution in [0.2, 0.25) is 0 Å². The van der Waals surface area contributed by atoms with Crippen molar-refractivity contribution in [2.24, 2.45) is 5.73 Å². The Balaban J connectivity index is 1.79. The average Bonchev–Trinajstić information content (AvgIpc) is 2.87. The highest BCUT2D eigenvalue weighted by molar-refractivity contribution is 6.05. The highest BCUT2D eigenvalue weighted by Gasteiger charge is 2.43. The molecule has 0 fully saturated rings. The van der Waals surface area contributed by atoms with E-state index < -0.39 is 5.54 Å². The van der Waals surface area contributed by atoms with E-state index in [2.05, 4.69) is 44.2 Å². The van der Waals surface area contributed by atoms with Crippen molar-refractivity contribution in [3.8, 4) is 11.1 Å². The summed E-state index contributed by atoms with van der Waals surface area (Å²) in [6, 6.07) is 23.7. The van der Waals surface area contributed by atoms with Crippen molar-refractivity contribution in [3.05, 3.63) is 101 Å². The van der Waals surface area contributed by atoms with Crippen LogP contribution in [0, 0.1) is 0 Å². The lowest BCUT2D eigenvalue weighted by atomic mass is 9.76. The Kier molecular flexibility index (Phi) is 5.39. The van der Waals surface area contributed by atoms with E-state index in [9.17, 15) is 4.79 Å². The number of rotatable bonds is 5. The molecule has 1 aliphatic carbocycles. The van der Waals surface area contributed by atoms with Crippen LogP contribution in [0.4, 0.5) is 0 Å². The largest absolute Gasteiger partial charge is 0.313 e. The molecule has 0 radical (unpaired) electrons. The monoisotopic (exact) mass is 433 g/mol. The first-order valence-electron chi connectivity index (χ1n) is 11.5. The van der Waals surface area contributed by atoms with Crippen LogP contribution in [0.25, 0.3) is 28.2 Å². The first-order chi connectivity index (χ1) is 16.0. The van der Waals surface area contributed by atoms with Crippen molar-refractivity contribution in [2.75, 3.05) is 0 Å². The average molecular weight is 434 g/mol. The number of ketones is 1. The van der Waals surface area contributed by atoms with Gasteiger partial charge in [-0.1, -0.05) is 80.1 Å². The Bertz CT molecular complexity index is 1380. The van der Waals surface area contributed by atoms with Gasteiger partial charge < -0.3 is 5.73 Å². The highest BCUT2D eigenvalue weighted by Crippen LogP contribution is 2.39. The molecule has 1 heterocycles. The zero-order valence-corrected chi connectivity index (χ0v) is 19.0. The highest BCUT2D eigenvalue weighted by atomic mass is 16.1. The molecule has 1 aliphatic rings. The van der Waals surface area contributed by atoms with Crippen LogP contribution in [0.5, 0.6) is 0 Å². The third kappa shape index (κ3) is 3.66. The van der Waals surface area contributed by atoms with Crippen LogP contribution in [0.1, 0.15) is 54.0 Å². The Morgan fingerprint density at radius 3 is 2.30 bits per heavy atom. The van der Waals surface area contributed by atoms with E-state index in [1.165, 1.54) is 5.56 Å². The second-order valence-corrected chi connectivity index (χ2v) is 8.69. The molecule has 33 heavy (non-hydrogen) atoms. The molecule has 1 atom stereocenters. The zero-order chi connectivity index (χ0) is 23.0. The van der Waals surface area contributed by atoms with E-state index in [1.54, 1.807) is 0 Å². The number of fused-ring (bicyclic) bond motifs is 2. The van der Waals surface area contributed by atoms with E-state index in [0.29, 0.717) is 23.4 Å². The van der Waals surface area contributed by atoms with Crippen LogP contribution >= 0.6 is 0 Å². The minimum Gasteiger partial charge on any atom is -0.313 e. The molecule has 0 amide bonds. The normalized spacial score (nSPS) is 17.5. The number of carbonyl (C=O) groups excluding carboxylic acids is 1. The molecule has 4 heteroatoms. The first kappa shape index (κ1) is 21.2. The van der Waals surface area contributed by atoms with Gasteiger partial charge >= 0.3 is 0 Å². The van der Waals surface area contributed by atoms with Crippen LogP contribution < -0.4 is 5.73 Å². The number of carbonyl (C=O) groups is 1. The molecule has 0 saturated carbocycles. The predicted octanol–water partition coefficient (Wildman–Crippen LogP) is 6.09. The van der Waals surface area contributed by atoms with Crippen molar-refractivity contribution in [1.82, 2.24) is 9.97 Å². The maximum Gasteiger partial charge on any atom is 0.189 e. The van der Waals surface area contributed by atoms with E-state index in [-0.39, 0.29) is 5.78 Å². The van der Waals surface area contributed by atoms with E-state index in [0.717, 1.165) is 40.6 Å². The zero-order valence-electron chi connectivity index (χ0n) is 19.0. The van der Waals surface area contributed by atoms with Crippen LogP contribution in [0.15, 0.2) is 78.4 Å². The van der Waals surface area contributed by atoms with Gasteiger partial charge in [0.25, 0.3) is 0 Å². The molecule has 0 spiro atoms. The van der Waals surface area contributed by atoms with Crippen LogP contribution in [0.3, 0.4) is 0 Å². The summed E-state index contributed by atoms with van der Waals surface area (Å²) < 4.78 is 0. The predicted molar refractivity (Wildman–Crippen MR) is 134 cm³/mol. The minimum absolute atomic E-state index is 0.122. The van der Waals surface area contributed by atoms with Crippen molar-refractivity contribution >= 4 is 22.9 Å². The van der Waals surface area contributed by atoms with Gasteiger partial charge in [0.05, 0.1) is 22.4 Å². The number of hydrogen-bond acceptors (Lipinski definition) is 4. The third-order valence-electron chi connectivity index (χ3n) is 6.51. The number of hydrogen-bond donors (Lipinski definition) is 1. The summed E-state index contributed by atoms with van der Waals surface area (Å²) in [5.41, 5.74) is 13.6. The van der Waals surface area contributed by atoms with Crippen molar-refractivity contribution in [2.45, 2.75) is 38.6 Å². The Labute approximate surface area is 194 Å². The molecule has 0 bridgehead atoms. The molecule has 4 nitrogen and oxygen atoms in total. The standard InChI is InChI=1S/C29H27N3O/c1-3-19-15-23(21-11-7-5-8-12-21)26-24(16-19)31-25-17-20(4-2)18-29(30,27(25)32-26)28(33)22-13-9-6-10-14-22/h5-17H,3-4,18,30H2,1-2H3. The van der Waals surface area contributed by atoms with Gasteiger partial charge in [0, 0.05) is 11.1 Å². The molecule has 5 rings (SSSR count). The lowest BCUT2D eigenvalue weighted by Gasteiger charge is -2.33. The molecule has 0 saturated heterocycles.